The second-order valence-electron chi connectivity index (χ2n) is 5.61. The third-order valence-corrected chi connectivity index (χ3v) is 4.44. The molecule has 1 N–H and O–H groups in total. The van der Waals surface area contributed by atoms with Crippen LogP contribution in [-0.4, -0.2) is 22.7 Å². The van der Waals surface area contributed by atoms with Gasteiger partial charge in [-0.2, -0.15) is 5.01 Å². The van der Waals surface area contributed by atoms with Crippen LogP contribution in [0.2, 0.25) is 5.02 Å². The number of halogens is 1. The first-order valence-corrected chi connectivity index (χ1v) is 7.48. The monoisotopic (exact) mass is 318 g/mol. The number of benzene rings is 1. The minimum absolute atomic E-state index is 0.00682. The molecular weight excluding hydrogens is 304 g/mol. The maximum atomic E-state index is 12.4. The van der Waals surface area contributed by atoms with Crippen LogP contribution in [0.25, 0.3) is 0 Å². The van der Waals surface area contributed by atoms with Crippen LogP contribution in [0.3, 0.4) is 0 Å². The molecule has 1 aromatic carbocycles. The van der Waals surface area contributed by atoms with Gasteiger partial charge >= 0.3 is 0 Å². The standard InChI is InChI=1S/C16H15ClN2O3/c1-9-3-2-4-12-13(9)16(22)19(15(12)21)18-14(20)10-5-7-11(17)8-6-10/h2-3,5-9,12-13H,4H2,1H3,(H,18,20)/t9-,12-,13-/m1/s1. The average molecular weight is 319 g/mol. The van der Waals surface area contributed by atoms with Gasteiger partial charge in [0.2, 0.25) is 0 Å². The molecule has 0 spiro atoms. The topological polar surface area (TPSA) is 66.5 Å². The van der Waals surface area contributed by atoms with Gasteiger partial charge in [0.25, 0.3) is 17.7 Å². The van der Waals surface area contributed by atoms with Gasteiger partial charge < -0.3 is 0 Å². The third kappa shape index (κ3) is 2.41. The molecule has 5 nitrogen and oxygen atoms in total. The number of imide groups is 1. The number of nitrogens with zero attached hydrogens (tertiary/aromatic N) is 1. The predicted molar refractivity (Wildman–Crippen MR) is 80.7 cm³/mol. The molecule has 3 rings (SSSR count). The van der Waals surface area contributed by atoms with Crippen LogP contribution < -0.4 is 5.43 Å². The van der Waals surface area contributed by atoms with Crippen LogP contribution in [0, 0.1) is 17.8 Å². The summed E-state index contributed by atoms with van der Waals surface area (Å²) in [5.41, 5.74) is 2.75. The zero-order valence-electron chi connectivity index (χ0n) is 12.0. The minimum Gasteiger partial charge on any atom is -0.272 e. The molecule has 0 bridgehead atoms. The number of amides is 3. The Bertz CT molecular complexity index is 668. The highest BCUT2D eigenvalue weighted by atomic mass is 35.5. The lowest BCUT2D eigenvalue weighted by molar-refractivity contribution is -0.142. The molecule has 1 fully saturated rings. The molecule has 6 heteroatoms. The van der Waals surface area contributed by atoms with Crippen molar-refractivity contribution in [1.29, 1.82) is 0 Å². The van der Waals surface area contributed by atoms with E-state index in [1.54, 1.807) is 24.3 Å². The summed E-state index contributed by atoms with van der Waals surface area (Å²) >= 11 is 5.77. The first-order valence-electron chi connectivity index (χ1n) is 7.10. The van der Waals surface area contributed by atoms with Gasteiger partial charge in [0.15, 0.2) is 0 Å². The van der Waals surface area contributed by atoms with E-state index in [9.17, 15) is 14.4 Å². The van der Waals surface area contributed by atoms with E-state index < -0.39 is 5.91 Å². The van der Waals surface area contributed by atoms with Crippen LogP contribution >= 0.6 is 11.6 Å². The van der Waals surface area contributed by atoms with Crippen molar-refractivity contribution >= 4 is 29.3 Å². The van der Waals surface area contributed by atoms with Gasteiger partial charge in [-0.25, -0.2) is 0 Å². The number of hydrazine groups is 1. The number of carbonyl (C=O) groups excluding carboxylic acids is 3. The van der Waals surface area contributed by atoms with Crippen LogP contribution in [0.4, 0.5) is 0 Å². The SMILES string of the molecule is C[C@@H]1C=CC[C@H]2C(=O)N(NC(=O)c3ccc(Cl)cc3)C(=O)[C@H]12. The molecule has 1 aromatic rings. The first-order chi connectivity index (χ1) is 10.5. The van der Waals surface area contributed by atoms with Crippen molar-refractivity contribution in [1.82, 2.24) is 10.4 Å². The third-order valence-electron chi connectivity index (χ3n) is 4.19. The molecule has 0 unspecified atom stereocenters. The van der Waals surface area contributed by atoms with Crippen molar-refractivity contribution in [3.8, 4) is 0 Å². The smallest absolute Gasteiger partial charge is 0.270 e. The Morgan fingerprint density at radius 2 is 1.91 bits per heavy atom. The Morgan fingerprint density at radius 1 is 1.23 bits per heavy atom. The maximum Gasteiger partial charge on any atom is 0.270 e. The van der Waals surface area contributed by atoms with E-state index in [0.717, 1.165) is 5.01 Å². The number of fused-ring (bicyclic) bond motifs is 1. The molecule has 1 heterocycles. The molecule has 0 aromatic heterocycles. The molecule has 1 aliphatic heterocycles. The summed E-state index contributed by atoms with van der Waals surface area (Å²) < 4.78 is 0. The highest BCUT2D eigenvalue weighted by Crippen LogP contribution is 2.37. The van der Waals surface area contributed by atoms with Gasteiger partial charge in [0, 0.05) is 10.6 Å². The molecule has 2 aliphatic rings. The Hall–Kier alpha value is -2.14. The summed E-state index contributed by atoms with van der Waals surface area (Å²) in [5.74, 6) is -1.95. The van der Waals surface area contributed by atoms with Crippen molar-refractivity contribution in [2.24, 2.45) is 17.8 Å². The number of hydrogen-bond acceptors (Lipinski definition) is 3. The lowest BCUT2D eigenvalue weighted by Crippen LogP contribution is -2.46. The summed E-state index contributed by atoms with van der Waals surface area (Å²) in [7, 11) is 0. The average Bonchev–Trinajstić information content (AvgIpc) is 2.74. The lowest BCUT2D eigenvalue weighted by atomic mass is 9.78. The molecule has 114 valence electrons. The summed E-state index contributed by atoms with van der Waals surface area (Å²) in [6.07, 6.45) is 4.39. The Labute approximate surface area is 132 Å². The van der Waals surface area contributed by atoms with E-state index in [2.05, 4.69) is 5.43 Å². The summed E-state index contributed by atoms with van der Waals surface area (Å²) in [5, 5.41) is 1.38. The second-order valence-corrected chi connectivity index (χ2v) is 6.05. The van der Waals surface area contributed by atoms with Crippen molar-refractivity contribution in [2.75, 3.05) is 0 Å². The highest BCUT2D eigenvalue weighted by Gasteiger charge is 2.50. The summed E-state index contributed by atoms with van der Waals surface area (Å²) in [6, 6.07) is 6.24. The van der Waals surface area contributed by atoms with E-state index in [0.29, 0.717) is 17.0 Å². The van der Waals surface area contributed by atoms with E-state index in [1.165, 1.54) is 0 Å². The minimum atomic E-state index is -0.502. The van der Waals surface area contributed by atoms with Gasteiger partial charge in [-0.15, -0.1) is 0 Å². The molecule has 1 saturated heterocycles. The predicted octanol–water partition coefficient (Wildman–Crippen LogP) is 2.18. The molecule has 22 heavy (non-hydrogen) atoms. The molecule has 0 saturated carbocycles. The van der Waals surface area contributed by atoms with E-state index in [1.807, 2.05) is 19.1 Å². The highest BCUT2D eigenvalue weighted by molar-refractivity contribution is 6.30. The molecule has 1 aliphatic carbocycles. The maximum absolute atomic E-state index is 12.4. The first kappa shape index (κ1) is 14.8. The Balaban J connectivity index is 1.78. The van der Waals surface area contributed by atoms with E-state index in [-0.39, 0.29) is 29.6 Å². The van der Waals surface area contributed by atoms with Crippen molar-refractivity contribution in [2.45, 2.75) is 13.3 Å². The molecule has 3 atom stereocenters. The van der Waals surface area contributed by atoms with Gasteiger partial charge in [-0.05, 0) is 36.6 Å². The molecule has 0 radical (unpaired) electrons. The number of rotatable bonds is 2. The van der Waals surface area contributed by atoms with Crippen molar-refractivity contribution in [3.05, 3.63) is 47.0 Å². The van der Waals surface area contributed by atoms with Crippen LogP contribution in [0.5, 0.6) is 0 Å². The van der Waals surface area contributed by atoms with E-state index >= 15 is 0 Å². The zero-order valence-corrected chi connectivity index (χ0v) is 12.7. The lowest BCUT2D eigenvalue weighted by Gasteiger charge is -2.22. The van der Waals surface area contributed by atoms with Crippen LogP contribution in [0.1, 0.15) is 23.7 Å². The number of hydrogen-bond donors (Lipinski definition) is 1. The normalized spacial score (nSPS) is 27.0. The Morgan fingerprint density at radius 3 is 2.55 bits per heavy atom. The fourth-order valence-corrected chi connectivity index (χ4v) is 3.15. The van der Waals surface area contributed by atoms with Gasteiger partial charge in [-0.1, -0.05) is 30.7 Å². The van der Waals surface area contributed by atoms with Gasteiger partial charge in [0.05, 0.1) is 11.8 Å². The summed E-state index contributed by atoms with van der Waals surface area (Å²) in [6.45, 7) is 1.91. The second kappa shape index (κ2) is 5.57. The zero-order chi connectivity index (χ0) is 15.9. The fourth-order valence-electron chi connectivity index (χ4n) is 3.03. The summed E-state index contributed by atoms with van der Waals surface area (Å²) in [4.78, 5) is 36.9. The van der Waals surface area contributed by atoms with Crippen LogP contribution in [0.15, 0.2) is 36.4 Å². The number of allylic oxidation sites excluding steroid dienone is 2. The quantitative estimate of drug-likeness (QED) is 0.671. The van der Waals surface area contributed by atoms with Gasteiger partial charge in [-0.3, -0.25) is 19.8 Å². The Kier molecular flexibility index (Phi) is 3.74. The fraction of sp³-hybridized carbons (Fsp3) is 0.312. The number of carbonyl (C=O) groups is 3. The molecule has 3 amide bonds. The molecular formula is C16H15ClN2O3. The van der Waals surface area contributed by atoms with Crippen molar-refractivity contribution < 1.29 is 14.4 Å². The largest absolute Gasteiger partial charge is 0.272 e. The van der Waals surface area contributed by atoms with E-state index in [4.69, 9.17) is 11.6 Å². The van der Waals surface area contributed by atoms with Gasteiger partial charge in [0.1, 0.15) is 0 Å². The van der Waals surface area contributed by atoms with Crippen LogP contribution in [-0.2, 0) is 9.59 Å². The number of nitrogens with one attached hydrogen (secondary N) is 1. The van der Waals surface area contributed by atoms with Crippen molar-refractivity contribution in [3.63, 3.8) is 0 Å².